The fourth-order valence-electron chi connectivity index (χ4n) is 1.67. The number of thiophene rings is 1. The maximum Gasteiger partial charge on any atom is 0.0342 e. The largest absolute Gasteiger partial charge is 0.144 e. The van der Waals surface area contributed by atoms with Crippen LogP contribution in [0, 0.1) is 0 Å². The third kappa shape index (κ3) is 2.39. The minimum Gasteiger partial charge on any atom is -0.144 e. The lowest BCUT2D eigenvalue weighted by Crippen LogP contribution is -1.80. The molecule has 0 spiro atoms. The lowest BCUT2D eigenvalue weighted by Gasteiger charge is -2.05. The number of allylic oxidation sites excluding steroid dienone is 1. The van der Waals surface area contributed by atoms with Crippen LogP contribution in [0.15, 0.2) is 47.9 Å². The lowest BCUT2D eigenvalue weighted by molar-refractivity contribution is 1.63. The number of benzene rings is 1. The highest BCUT2D eigenvalue weighted by molar-refractivity contribution is 8.07. The molecule has 0 bridgehead atoms. The average Bonchev–Trinajstić information content (AvgIpc) is 2.85. The highest BCUT2D eigenvalue weighted by Crippen LogP contribution is 2.30. The average molecular weight is 246 g/mol. The molecule has 0 saturated carbocycles. The fraction of sp³-hybridized carbons (Fsp3) is 0.143. The van der Waals surface area contributed by atoms with Gasteiger partial charge in [-0.3, -0.25) is 0 Å². The Hall–Kier alpha value is -0.990. The summed E-state index contributed by atoms with van der Waals surface area (Å²) in [6.45, 7) is 2.09. The van der Waals surface area contributed by atoms with Crippen molar-refractivity contribution in [2.45, 2.75) is 6.92 Å². The van der Waals surface area contributed by atoms with E-state index in [1.54, 1.807) is 23.1 Å². The van der Waals surface area contributed by atoms with Gasteiger partial charge in [-0.25, -0.2) is 0 Å². The second-order valence-electron chi connectivity index (χ2n) is 3.42. The van der Waals surface area contributed by atoms with Crippen LogP contribution < -0.4 is 0 Å². The Morgan fingerprint density at radius 1 is 1.25 bits per heavy atom. The van der Waals surface area contributed by atoms with Gasteiger partial charge in [-0.1, -0.05) is 30.3 Å². The van der Waals surface area contributed by atoms with Gasteiger partial charge in [0.05, 0.1) is 0 Å². The molecule has 82 valence electrons. The van der Waals surface area contributed by atoms with E-state index in [2.05, 4.69) is 61.0 Å². The molecule has 0 amide bonds. The molecule has 16 heavy (non-hydrogen) atoms. The quantitative estimate of drug-likeness (QED) is 0.722. The molecule has 0 nitrogen and oxygen atoms in total. The monoisotopic (exact) mass is 246 g/mol. The van der Waals surface area contributed by atoms with Gasteiger partial charge in [-0.05, 0) is 41.8 Å². The van der Waals surface area contributed by atoms with Gasteiger partial charge in [0.2, 0.25) is 0 Å². The zero-order valence-electron chi connectivity index (χ0n) is 9.44. The van der Waals surface area contributed by atoms with E-state index < -0.39 is 0 Å². The zero-order valence-corrected chi connectivity index (χ0v) is 11.1. The van der Waals surface area contributed by atoms with Crippen molar-refractivity contribution < 1.29 is 0 Å². The summed E-state index contributed by atoms with van der Waals surface area (Å²) >= 11 is 3.58. The molecule has 0 N–H and O–H groups in total. The third-order valence-electron chi connectivity index (χ3n) is 2.43. The molecule has 0 aliphatic carbocycles. The first-order valence-electron chi connectivity index (χ1n) is 5.19. The summed E-state index contributed by atoms with van der Waals surface area (Å²) in [6.07, 6.45) is 4.28. The van der Waals surface area contributed by atoms with Gasteiger partial charge in [0.15, 0.2) is 0 Å². The lowest BCUT2D eigenvalue weighted by atomic mass is 10.1. The topological polar surface area (TPSA) is 0 Å². The van der Waals surface area contributed by atoms with Crippen molar-refractivity contribution >= 4 is 28.0 Å². The third-order valence-corrected chi connectivity index (χ3v) is 4.27. The molecule has 2 rings (SSSR count). The van der Waals surface area contributed by atoms with Crippen LogP contribution in [0.4, 0.5) is 0 Å². The molecule has 2 aromatic rings. The summed E-state index contributed by atoms with van der Waals surface area (Å²) in [6, 6.07) is 13.0. The molecule has 0 radical (unpaired) electrons. The summed E-state index contributed by atoms with van der Waals surface area (Å²) in [5.41, 5.74) is 2.61. The van der Waals surface area contributed by atoms with Gasteiger partial charge >= 0.3 is 0 Å². The van der Waals surface area contributed by atoms with E-state index in [-0.39, 0.29) is 0 Å². The van der Waals surface area contributed by atoms with Crippen LogP contribution in [-0.4, -0.2) is 6.26 Å². The predicted octanol–water partition coefficient (Wildman–Crippen LogP) is 5.14. The number of thioether (sulfide) groups is 1. The molecule has 1 aromatic heterocycles. The van der Waals surface area contributed by atoms with Crippen molar-refractivity contribution in [3.8, 4) is 10.4 Å². The number of hydrogen-bond acceptors (Lipinski definition) is 2. The normalized spacial score (nSPS) is 11.8. The fourth-order valence-corrected chi connectivity index (χ4v) is 2.99. The van der Waals surface area contributed by atoms with Crippen molar-refractivity contribution in [2.24, 2.45) is 0 Å². The Morgan fingerprint density at radius 3 is 2.75 bits per heavy atom. The highest BCUT2D eigenvalue weighted by atomic mass is 32.2. The Morgan fingerprint density at radius 2 is 2.12 bits per heavy atom. The molecule has 1 heterocycles. The van der Waals surface area contributed by atoms with Crippen molar-refractivity contribution in [2.75, 3.05) is 6.26 Å². The molecular weight excluding hydrogens is 232 g/mol. The molecule has 2 heteroatoms. The molecule has 0 aliphatic heterocycles. The van der Waals surface area contributed by atoms with Gasteiger partial charge in [-0.2, -0.15) is 0 Å². The van der Waals surface area contributed by atoms with Crippen molar-refractivity contribution in [1.29, 1.82) is 0 Å². The maximum atomic E-state index is 2.26. The Balaban J connectivity index is 2.41. The van der Waals surface area contributed by atoms with Gasteiger partial charge in [0, 0.05) is 9.78 Å². The predicted molar refractivity (Wildman–Crippen MR) is 76.9 cm³/mol. The molecule has 0 aliphatic rings. The summed E-state index contributed by atoms with van der Waals surface area (Å²) in [7, 11) is 0. The van der Waals surface area contributed by atoms with E-state index in [1.807, 2.05) is 0 Å². The van der Waals surface area contributed by atoms with Gasteiger partial charge < -0.3 is 0 Å². The molecule has 0 saturated heterocycles. The van der Waals surface area contributed by atoms with Crippen LogP contribution in [0.3, 0.4) is 0 Å². The SMILES string of the molecule is CC=C(SC)c1cccc(-c2cccs2)c1. The van der Waals surface area contributed by atoms with E-state index in [4.69, 9.17) is 0 Å². The van der Waals surface area contributed by atoms with E-state index in [0.29, 0.717) is 0 Å². The maximum absolute atomic E-state index is 2.26. The van der Waals surface area contributed by atoms with Crippen LogP contribution in [-0.2, 0) is 0 Å². The van der Waals surface area contributed by atoms with E-state index in [9.17, 15) is 0 Å². The number of hydrogen-bond donors (Lipinski definition) is 0. The minimum absolute atomic E-state index is 1.31. The van der Waals surface area contributed by atoms with Crippen molar-refractivity contribution in [3.63, 3.8) is 0 Å². The minimum atomic E-state index is 1.31. The molecular formula is C14H14S2. The van der Waals surface area contributed by atoms with Crippen molar-refractivity contribution in [1.82, 2.24) is 0 Å². The summed E-state index contributed by atoms with van der Waals surface area (Å²) in [4.78, 5) is 2.66. The van der Waals surface area contributed by atoms with Crippen LogP contribution in [0.1, 0.15) is 12.5 Å². The van der Waals surface area contributed by atoms with E-state index in [1.165, 1.54) is 20.9 Å². The summed E-state index contributed by atoms with van der Waals surface area (Å²) in [5.74, 6) is 0. The first kappa shape index (κ1) is 11.5. The van der Waals surface area contributed by atoms with Gasteiger partial charge in [0.1, 0.15) is 0 Å². The smallest absolute Gasteiger partial charge is 0.0342 e. The van der Waals surface area contributed by atoms with E-state index in [0.717, 1.165) is 0 Å². The van der Waals surface area contributed by atoms with Crippen LogP contribution in [0.5, 0.6) is 0 Å². The summed E-state index contributed by atoms with van der Waals surface area (Å²) < 4.78 is 0. The Labute approximate surface area is 105 Å². The second-order valence-corrected chi connectivity index (χ2v) is 5.21. The first-order chi connectivity index (χ1) is 7.85. The Kier molecular flexibility index (Phi) is 3.86. The van der Waals surface area contributed by atoms with Gasteiger partial charge in [0.25, 0.3) is 0 Å². The van der Waals surface area contributed by atoms with E-state index >= 15 is 0 Å². The van der Waals surface area contributed by atoms with Gasteiger partial charge in [-0.15, -0.1) is 23.1 Å². The first-order valence-corrected chi connectivity index (χ1v) is 7.30. The summed E-state index contributed by atoms with van der Waals surface area (Å²) in [5, 5.41) is 2.12. The van der Waals surface area contributed by atoms with Crippen LogP contribution >= 0.6 is 23.1 Å². The second kappa shape index (κ2) is 5.37. The number of rotatable bonds is 3. The zero-order chi connectivity index (χ0) is 11.4. The van der Waals surface area contributed by atoms with Crippen molar-refractivity contribution in [3.05, 3.63) is 53.4 Å². The molecule has 0 fully saturated rings. The standard InChI is InChI=1S/C14H14S2/c1-3-13(15-2)11-6-4-7-12(10-11)14-8-5-9-16-14/h3-10H,1-2H3. The molecule has 0 unspecified atom stereocenters. The molecule has 1 aromatic carbocycles. The highest BCUT2D eigenvalue weighted by Gasteiger charge is 2.02. The van der Waals surface area contributed by atoms with Crippen LogP contribution in [0.2, 0.25) is 0 Å². The molecule has 0 atom stereocenters. The van der Waals surface area contributed by atoms with Crippen LogP contribution in [0.25, 0.3) is 15.3 Å². The Bertz CT molecular complexity index is 481.